The Hall–Kier alpha value is -3.00. The van der Waals surface area contributed by atoms with Crippen LogP contribution in [0.2, 0.25) is 0 Å². The molecule has 0 bridgehead atoms. The number of rotatable bonds is 13. The van der Waals surface area contributed by atoms with E-state index >= 15 is 0 Å². The number of hydrogen-bond acceptors (Lipinski definition) is 6. The molecule has 36 heavy (non-hydrogen) atoms. The van der Waals surface area contributed by atoms with Gasteiger partial charge in [-0.1, -0.05) is 91.0 Å². The summed E-state index contributed by atoms with van der Waals surface area (Å²) in [5, 5.41) is 0. The molecule has 2 unspecified atom stereocenters. The van der Waals surface area contributed by atoms with Gasteiger partial charge >= 0.3 is 0 Å². The van der Waals surface area contributed by atoms with Gasteiger partial charge < -0.3 is 28.4 Å². The van der Waals surface area contributed by atoms with Crippen molar-refractivity contribution in [2.45, 2.75) is 38.3 Å². The van der Waals surface area contributed by atoms with Crippen LogP contribution in [-0.4, -0.2) is 45.9 Å². The number of benzene rings is 3. The summed E-state index contributed by atoms with van der Waals surface area (Å²) >= 11 is 0. The molecule has 6 heteroatoms. The van der Waals surface area contributed by atoms with Gasteiger partial charge in [0.05, 0.1) is 26.4 Å². The van der Waals surface area contributed by atoms with Gasteiger partial charge in [-0.05, 0) is 16.7 Å². The molecule has 0 spiro atoms. The van der Waals surface area contributed by atoms with Crippen LogP contribution in [0.3, 0.4) is 0 Å². The fraction of sp³-hybridized carbons (Fsp3) is 0.333. The molecule has 0 saturated heterocycles. The molecule has 1 aliphatic heterocycles. The van der Waals surface area contributed by atoms with Crippen LogP contribution in [0.25, 0.3) is 0 Å². The van der Waals surface area contributed by atoms with Crippen LogP contribution in [0.15, 0.2) is 102 Å². The largest absolute Gasteiger partial charge is 0.490 e. The maximum Gasteiger partial charge on any atom is 0.188 e. The van der Waals surface area contributed by atoms with Gasteiger partial charge in [-0.3, -0.25) is 0 Å². The molecular formula is C30H34O6. The Morgan fingerprint density at radius 3 is 1.78 bits per heavy atom. The maximum absolute atomic E-state index is 6.38. The van der Waals surface area contributed by atoms with Crippen LogP contribution in [-0.2, 0) is 48.2 Å². The lowest BCUT2D eigenvalue weighted by molar-refractivity contribution is -0.230. The average Bonchev–Trinajstić information content (AvgIpc) is 2.93. The second-order valence-electron chi connectivity index (χ2n) is 8.54. The first-order valence-electron chi connectivity index (χ1n) is 12.1. The molecule has 0 saturated carbocycles. The minimum Gasteiger partial charge on any atom is -0.490 e. The first-order valence-corrected chi connectivity index (χ1v) is 12.1. The summed E-state index contributed by atoms with van der Waals surface area (Å²) in [5.41, 5.74) is 4.06. The van der Waals surface area contributed by atoms with Gasteiger partial charge in [0.15, 0.2) is 6.29 Å². The zero-order valence-electron chi connectivity index (χ0n) is 20.9. The third-order valence-corrected chi connectivity index (χ3v) is 5.92. The van der Waals surface area contributed by atoms with E-state index in [1.165, 1.54) is 0 Å². The Bertz CT molecular complexity index is 1050. The van der Waals surface area contributed by atoms with Crippen LogP contribution in [0.4, 0.5) is 0 Å². The second kappa shape index (κ2) is 13.9. The summed E-state index contributed by atoms with van der Waals surface area (Å²) in [5.74, 6) is 0.667. The summed E-state index contributed by atoms with van der Waals surface area (Å²) in [6.07, 6.45) is -1.59. The molecule has 1 aliphatic rings. The summed E-state index contributed by atoms with van der Waals surface area (Å²) < 4.78 is 36.4. The van der Waals surface area contributed by atoms with E-state index in [0.717, 1.165) is 22.3 Å². The summed E-state index contributed by atoms with van der Waals surface area (Å²) in [6.45, 7) is 1.89. The lowest BCUT2D eigenvalue weighted by Gasteiger charge is -2.38. The quantitative estimate of drug-likeness (QED) is 0.325. The minimum atomic E-state index is -0.631. The molecule has 0 radical (unpaired) electrons. The Balaban J connectivity index is 1.57. The van der Waals surface area contributed by atoms with Crippen molar-refractivity contribution in [3.8, 4) is 0 Å². The predicted octanol–water partition coefficient (Wildman–Crippen LogP) is 5.28. The van der Waals surface area contributed by atoms with Crippen LogP contribution in [0.5, 0.6) is 0 Å². The monoisotopic (exact) mass is 490 g/mol. The number of ether oxygens (including phenoxy) is 6. The second-order valence-corrected chi connectivity index (χ2v) is 8.54. The van der Waals surface area contributed by atoms with Crippen molar-refractivity contribution in [2.24, 2.45) is 0 Å². The van der Waals surface area contributed by atoms with Crippen LogP contribution < -0.4 is 0 Å². The van der Waals surface area contributed by atoms with E-state index in [0.29, 0.717) is 38.8 Å². The van der Waals surface area contributed by atoms with Crippen LogP contribution in [0, 0.1) is 0 Å². The third-order valence-electron chi connectivity index (χ3n) is 5.92. The molecule has 0 aromatic heterocycles. The summed E-state index contributed by atoms with van der Waals surface area (Å²) in [4.78, 5) is 0. The Labute approximate surface area is 213 Å². The Morgan fingerprint density at radius 1 is 0.667 bits per heavy atom. The molecule has 0 fully saturated rings. The molecule has 0 amide bonds. The van der Waals surface area contributed by atoms with E-state index in [-0.39, 0.29) is 0 Å². The average molecular weight is 491 g/mol. The zero-order chi connectivity index (χ0) is 25.0. The molecule has 1 heterocycles. The van der Waals surface area contributed by atoms with Crippen molar-refractivity contribution in [1.82, 2.24) is 0 Å². The van der Waals surface area contributed by atoms with Crippen LogP contribution >= 0.6 is 0 Å². The molecule has 190 valence electrons. The highest BCUT2D eigenvalue weighted by atomic mass is 16.7. The fourth-order valence-corrected chi connectivity index (χ4v) is 4.13. The van der Waals surface area contributed by atoms with Gasteiger partial charge in [-0.25, -0.2) is 0 Å². The molecular weight excluding hydrogens is 456 g/mol. The Morgan fingerprint density at radius 2 is 1.22 bits per heavy atom. The SMILES string of the molecule is COCC1=C(OCc2ccccc2)C(COCc2ccccc2)O[C@@H](OC)C1OCc1ccccc1. The van der Waals surface area contributed by atoms with Crippen LogP contribution in [0.1, 0.15) is 16.7 Å². The van der Waals surface area contributed by atoms with Crippen molar-refractivity contribution < 1.29 is 28.4 Å². The molecule has 3 aromatic carbocycles. The topological polar surface area (TPSA) is 55.4 Å². The molecule has 0 aliphatic carbocycles. The molecule has 3 atom stereocenters. The van der Waals surface area contributed by atoms with Gasteiger partial charge in [0, 0.05) is 19.8 Å². The first kappa shape index (κ1) is 26.1. The highest BCUT2D eigenvalue weighted by Gasteiger charge is 2.40. The van der Waals surface area contributed by atoms with Gasteiger partial charge in [-0.15, -0.1) is 0 Å². The number of methoxy groups -OCH3 is 2. The third kappa shape index (κ3) is 7.26. The standard InChI is InChI=1S/C30H34O6/c1-31-21-26-28(34-19-24-14-8-4-9-15-24)27(22-33-18-23-12-6-3-7-13-23)36-30(32-2)29(26)35-20-25-16-10-5-11-17-25/h3-17,27,29-30H,18-22H2,1-2H3/t27?,29?,30-/m1/s1. The van der Waals surface area contributed by atoms with E-state index in [4.69, 9.17) is 28.4 Å². The normalized spacial score (nSPS) is 19.9. The van der Waals surface area contributed by atoms with E-state index in [2.05, 4.69) is 0 Å². The maximum atomic E-state index is 6.38. The number of hydrogen-bond donors (Lipinski definition) is 0. The van der Waals surface area contributed by atoms with Crippen molar-refractivity contribution in [2.75, 3.05) is 27.4 Å². The van der Waals surface area contributed by atoms with E-state index < -0.39 is 18.5 Å². The molecule has 3 aromatic rings. The van der Waals surface area contributed by atoms with E-state index in [1.54, 1.807) is 14.2 Å². The smallest absolute Gasteiger partial charge is 0.188 e. The lowest BCUT2D eigenvalue weighted by atomic mass is 10.0. The zero-order valence-corrected chi connectivity index (χ0v) is 20.9. The van der Waals surface area contributed by atoms with Gasteiger partial charge in [0.1, 0.15) is 24.6 Å². The van der Waals surface area contributed by atoms with Crippen molar-refractivity contribution in [3.63, 3.8) is 0 Å². The summed E-state index contributed by atoms with van der Waals surface area (Å²) in [6, 6.07) is 30.1. The predicted molar refractivity (Wildman–Crippen MR) is 137 cm³/mol. The van der Waals surface area contributed by atoms with Gasteiger partial charge in [0.25, 0.3) is 0 Å². The summed E-state index contributed by atoms with van der Waals surface area (Å²) in [7, 11) is 3.28. The van der Waals surface area contributed by atoms with E-state index in [9.17, 15) is 0 Å². The van der Waals surface area contributed by atoms with Crippen molar-refractivity contribution >= 4 is 0 Å². The Kier molecular flexibility index (Phi) is 10.1. The molecule has 4 rings (SSSR count). The molecule has 6 nitrogen and oxygen atoms in total. The highest BCUT2D eigenvalue weighted by molar-refractivity contribution is 5.24. The first-order chi connectivity index (χ1) is 17.8. The lowest BCUT2D eigenvalue weighted by Crippen LogP contribution is -2.46. The fourth-order valence-electron chi connectivity index (χ4n) is 4.13. The molecule has 0 N–H and O–H groups in total. The van der Waals surface area contributed by atoms with Gasteiger partial charge in [0.2, 0.25) is 0 Å². The minimum absolute atomic E-state index is 0.303. The van der Waals surface area contributed by atoms with Gasteiger partial charge in [-0.2, -0.15) is 0 Å². The van der Waals surface area contributed by atoms with E-state index in [1.807, 2.05) is 91.0 Å². The van der Waals surface area contributed by atoms with Crippen molar-refractivity contribution in [1.29, 1.82) is 0 Å². The highest BCUT2D eigenvalue weighted by Crippen LogP contribution is 2.32. The van der Waals surface area contributed by atoms with Crippen molar-refractivity contribution in [3.05, 3.63) is 119 Å².